The summed E-state index contributed by atoms with van der Waals surface area (Å²) in [6, 6.07) is 16.8. The first-order chi connectivity index (χ1) is 13.6. The number of ether oxygens (including phenoxy) is 2. The molecule has 2 heterocycles. The lowest BCUT2D eigenvalue weighted by Gasteiger charge is -2.37. The van der Waals surface area contributed by atoms with Gasteiger partial charge in [-0.15, -0.1) is 0 Å². The number of likely N-dealkylation sites (tertiary alicyclic amines) is 1. The summed E-state index contributed by atoms with van der Waals surface area (Å²) in [6.45, 7) is 2.93. The van der Waals surface area contributed by atoms with Gasteiger partial charge in [-0.3, -0.25) is 9.59 Å². The third kappa shape index (κ3) is 3.81. The van der Waals surface area contributed by atoms with E-state index in [9.17, 15) is 9.59 Å². The molecule has 146 valence electrons. The highest BCUT2D eigenvalue weighted by Crippen LogP contribution is 2.34. The number of amides is 2. The fourth-order valence-corrected chi connectivity index (χ4v) is 3.70. The molecular formula is C22H24N2O4. The van der Waals surface area contributed by atoms with E-state index in [1.165, 1.54) is 0 Å². The predicted octanol–water partition coefficient (Wildman–Crippen LogP) is 3.09. The highest BCUT2D eigenvalue weighted by Gasteiger charge is 2.38. The second-order valence-corrected chi connectivity index (χ2v) is 7.26. The van der Waals surface area contributed by atoms with E-state index >= 15 is 0 Å². The lowest BCUT2D eigenvalue weighted by Crippen LogP contribution is -2.53. The van der Waals surface area contributed by atoms with E-state index < -0.39 is 6.10 Å². The second kappa shape index (κ2) is 7.92. The van der Waals surface area contributed by atoms with Crippen LogP contribution >= 0.6 is 0 Å². The zero-order chi connectivity index (χ0) is 19.5. The van der Waals surface area contributed by atoms with Gasteiger partial charge in [0.25, 0.3) is 5.91 Å². The summed E-state index contributed by atoms with van der Waals surface area (Å²) in [5.74, 6) is 1.10. The Bertz CT molecular complexity index is 847. The minimum Gasteiger partial charge on any atom is -0.482 e. The van der Waals surface area contributed by atoms with Gasteiger partial charge in [-0.05, 0) is 44.0 Å². The van der Waals surface area contributed by atoms with Crippen LogP contribution in [0.4, 0.5) is 5.69 Å². The van der Waals surface area contributed by atoms with E-state index in [2.05, 4.69) is 5.32 Å². The van der Waals surface area contributed by atoms with Gasteiger partial charge in [-0.25, -0.2) is 0 Å². The van der Waals surface area contributed by atoms with E-state index in [4.69, 9.17) is 9.47 Å². The lowest BCUT2D eigenvalue weighted by molar-refractivity contribution is -0.146. The molecule has 6 nitrogen and oxygen atoms in total. The first kappa shape index (κ1) is 18.3. The quantitative estimate of drug-likeness (QED) is 0.889. The SMILES string of the molecule is CC1Oc2ccccc2OC1C(=O)N1CCC(C(=O)Nc2ccccc2)CC1. The Labute approximate surface area is 164 Å². The van der Waals surface area contributed by atoms with Crippen LogP contribution < -0.4 is 14.8 Å². The fourth-order valence-electron chi connectivity index (χ4n) is 3.70. The summed E-state index contributed by atoms with van der Waals surface area (Å²) in [4.78, 5) is 27.2. The molecule has 0 aromatic heterocycles. The van der Waals surface area contributed by atoms with Crippen LogP contribution in [0.25, 0.3) is 0 Å². The number of carbonyl (C=O) groups excluding carboxylic acids is 2. The molecule has 6 heteroatoms. The first-order valence-corrected chi connectivity index (χ1v) is 9.69. The second-order valence-electron chi connectivity index (χ2n) is 7.26. The zero-order valence-corrected chi connectivity index (χ0v) is 15.8. The van der Waals surface area contributed by atoms with Gasteiger partial charge in [0.1, 0.15) is 6.10 Å². The number of hydrogen-bond donors (Lipinski definition) is 1. The highest BCUT2D eigenvalue weighted by atomic mass is 16.6. The molecule has 28 heavy (non-hydrogen) atoms. The van der Waals surface area contributed by atoms with Crippen LogP contribution in [0.3, 0.4) is 0 Å². The molecule has 2 aromatic carbocycles. The molecule has 0 bridgehead atoms. The van der Waals surface area contributed by atoms with Crippen molar-refractivity contribution in [3.63, 3.8) is 0 Å². The molecular weight excluding hydrogens is 356 g/mol. The largest absolute Gasteiger partial charge is 0.482 e. The molecule has 0 radical (unpaired) electrons. The monoisotopic (exact) mass is 380 g/mol. The number of nitrogens with one attached hydrogen (secondary N) is 1. The van der Waals surface area contributed by atoms with Gasteiger partial charge in [0.15, 0.2) is 11.5 Å². The number of benzene rings is 2. The van der Waals surface area contributed by atoms with Gasteiger partial charge in [0.05, 0.1) is 0 Å². The van der Waals surface area contributed by atoms with Crippen molar-refractivity contribution in [1.82, 2.24) is 4.90 Å². The average Bonchev–Trinajstić information content (AvgIpc) is 2.73. The molecule has 2 aliphatic heterocycles. The Hall–Kier alpha value is -3.02. The number of carbonyl (C=O) groups is 2. The normalized spacial score (nSPS) is 21.8. The first-order valence-electron chi connectivity index (χ1n) is 9.69. The Morgan fingerprint density at radius 3 is 2.21 bits per heavy atom. The average molecular weight is 380 g/mol. The topological polar surface area (TPSA) is 67.9 Å². The molecule has 1 saturated heterocycles. The molecule has 2 aromatic rings. The van der Waals surface area contributed by atoms with Crippen molar-refractivity contribution in [2.24, 2.45) is 5.92 Å². The summed E-state index contributed by atoms with van der Waals surface area (Å²) in [7, 11) is 0. The van der Waals surface area contributed by atoms with E-state index in [0.29, 0.717) is 37.4 Å². The third-order valence-corrected chi connectivity index (χ3v) is 5.30. The summed E-state index contributed by atoms with van der Waals surface area (Å²) in [6.07, 6.45) is 0.262. The van der Waals surface area contributed by atoms with Gasteiger partial charge in [0, 0.05) is 24.7 Å². The van der Waals surface area contributed by atoms with Gasteiger partial charge >= 0.3 is 0 Å². The molecule has 0 aliphatic carbocycles. The smallest absolute Gasteiger partial charge is 0.267 e. The van der Waals surface area contributed by atoms with Crippen LogP contribution in [-0.4, -0.2) is 42.0 Å². The van der Waals surface area contributed by atoms with E-state index in [0.717, 1.165) is 5.69 Å². The van der Waals surface area contributed by atoms with Crippen LogP contribution in [0.5, 0.6) is 11.5 Å². The number of para-hydroxylation sites is 3. The Balaban J connectivity index is 1.33. The van der Waals surface area contributed by atoms with Crippen LogP contribution in [0.15, 0.2) is 54.6 Å². The number of anilines is 1. The molecule has 2 aliphatic rings. The molecule has 4 rings (SSSR count). The molecule has 0 saturated carbocycles. The van der Waals surface area contributed by atoms with Crippen molar-refractivity contribution in [2.45, 2.75) is 32.0 Å². The van der Waals surface area contributed by atoms with Crippen molar-refractivity contribution in [3.8, 4) is 11.5 Å². The van der Waals surface area contributed by atoms with Crippen molar-refractivity contribution < 1.29 is 19.1 Å². The molecule has 2 unspecified atom stereocenters. The molecule has 2 atom stereocenters. The van der Waals surface area contributed by atoms with Gasteiger partial charge in [0.2, 0.25) is 12.0 Å². The predicted molar refractivity (Wildman–Crippen MR) is 105 cm³/mol. The number of rotatable bonds is 3. The van der Waals surface area contributed by atoms with Crippen LogP contribution in [-0.2, 0) is 9.59 Å². The Morgan fingerprint density at radius 2 is 1.54 bits per heavy atom. The van der Waals surface area contributed by atoms with Crippen molar-refractivity contribution in [2.75, 3.05) is 18.4 Å². The van der Waals surface area contributed by atoms with E-state index in [1.54, 1.807) is 4.90 Å². The number of fused-ring (bicyclic) bond motifs is 1. The number of hydrogen-bond acceptors (Lipinski definition) is 4. The molecule has 0 spiro atoms. The molecule has 1 fully saturated rings. The summed E-state index contributed by atoms with van der Waals surface area (Å²) >= 11 is 0. The number of piperidine rings is 1. The third-order valence-electron chi connectivity index (χ3n) is 5.30. The van der Waals surface area contributed by atoms with Crippen LogP contribution in [0, 0.1) is 5.92 Å². The van der Waals surface area contributed by atoms with Crippen molar-refractivity contribution >= 4 is 17.5 Å². The minimum atomic E-state index is -0.662. The summed E-state index contributed by atoms with van der Waals surface area (Å²) < 4.78 is 11.8. The summed E-state index contributed by atoms with van der Waals surface area (Å²) in [5.41, 5.74) is 0.797. The van der Waals surface area contributed by atoms with Crippen molar-refractivity contribution in [3.05, 3.63) is 54.6 Å². The van der Waals surface area contributed by atoms with Gasteiger partial charge < -0.3 is 19.7 Å². The van der Waals surface area contributed by atoms with Crippen molar-refractivity contribution in [1.29, 1.82) is 0 Å². The van der Waals surface area contributed by atoms with Gasteiger partial charge in [-0.2, -0.15) is 0 Å². The van der Waals surface area contributed by atoms with E-state index in [1.807, 2.05) is 61.5 Å². The Kier molecular flexibility index (Phi) is 5.19. The fraction of sp³-hybridized carbons (Fsp3) is 0.364. The molecule has 2 amide bonds. The summed E-state index contributed by atoms with van der Waals surface area (Å²) in [5, 5.41) is 2.95. The zero-order valence-electron chi connectivity index (χ0n) is 15.8. The van der Waals surface area contributed by atoms with Crippen LogP contribution in [0.2, 0.25) is 0 Å². The maximum Gasteiger partial charge on any atom is 0.267 e. The maximum absolute atomic E-state index is 13.0. The van der Waals surface area contributed by atoms with E-state index in [-0.39, 0.29) is 23.8 Å². The highest BCUT2D eigenvalue weighted by molar-refractivity contribution is 5.92. The number of nitrogens with zero attached hydrogens (tertiary/aromatic N) is 1. The standard InChI is InChI=1S/C22H24N2O4/c1-15-20(28-19-10-6-5-9-18(19)27-15)22(26)24-13-11-16(12-14-24)21(25)23-17-7-3-2-4-8-17/h2-10,15-16,20H,11-14H2,1H3,(H,23,25). The van der Waals surface area contributed by atoms with Gasteiger partial charge in [-0.1, -0.05) is 30.3 Å². The Morgan fingerprint density at radius 1 is 0.929 bits per heavy atom. The van der Waals surface area contributed by atoms with Crippen LogP contribution in [0.1, 0.15) is 19.8 Å². The minimum absolute atomic E-state index is 0.0119. The lowest BCUT2D eigenvalue weighted by atomic mass is 9.95. The maximum atomic E-state index is 13.0. The molecule has 1 N–H and O–H groups in total.